The van der Waals surface area contributed by atoms with Crippen LogP contribution < -0.4 is 5.32 Å². The first-order valence-electron chi connectivity index (χ1n) is 6.60. The summed E-state index contributed by atoms with van der Waals surface area (Å²) in [7, 11) is 0. The van der Waals surface area contributed by atoms with Gasteiger partial charge in [0.1, 0.15) is 5.82 Å². The highest BCUT2D eigenvalue weighted by Gasteiger charge is 2.34. The lowest BCUT2D eigenvalue weighted by Crippen LogP contribution is -2.10. The van der Waals surface area contributed by atoms with Crippen LogP contribution in [0.3, 0.4) is 0 Å². The molecule has 1 aromatic heterocycles. The number of benzene rings is 1. The smallest absolute Gasteiger partial charge is 0.370 e. The monoisotopic (exact) mass is 295 g/mol. The molecule has 6 heteroatoms. The number of hydrogen-bond acceptors (Lipinski definition) is 3. The molecule has 112 valence electrons. The van der Waals surface area contributed by atoms with Gasteiger partial charge in [-0.15, -0.1) is 0 Å². The number of aryl methyl sites for hydroxylation is 1. The minimum Gasteiger partial charge on any atom is -0.370 e. The largest absolute Gasteiger partial charge is 0.417 e. The third-order valence-electron chi connectivity index (χ3n) is 3.21. The first-order valence-corrected chi connectivity index (χ1v) is 6.60. The summed E-state index contributed by atoms with van der Waals surface area (Å²) >= 11 is 0. The molecule has 0 spiro atoms. The predicted octanol–water partition coefficient (Wildman–Crippen LogP) is 4.21. The second kappa shape index (κ2) is 5.71. The molecular weight excluding hydrogens is 279 g/mol. The quantitative estimate of drug-likeness (QED) is 0.921. The molecule has 0 aliphatic heterocycles. The average molecular weight is 295 g/mol. The summed E-state index contributed by atoms with van der Waals surface area (Å²) in [5, 5.41) is 3.05. The SMILES string of the molecule is CCNc1nc(-c2ccccc2C(F)(F)F)nc(C)c1C. The van der Waals surface area contributed by atoms with E-state index in [1.165, 1.54) is 12.1 Å². The van der Waals surface area contributed by atoms with Crippen LogP contribution in [0, 0.1) is 13.8 Å². The van der Waals surface area contributed by atoms with Crippen LogP contribution in [0.1, 0.15) is 23.7 Å². The van der Waals surface area contributed by atoms with Crippen molar-refractivity contribution in [3.8, 4) is 11.4 Å². The molecule has 0 saturated heterocycles. The number of halogens is 3. The Hall–Kier alpha value is -2.11. The van der Waals surface area contributed by atoms with Crippen molar-refractivity contribution in [2.45, 2.75) is 26.9 Å². The summed E-state index contributed by atoms with van der Waals surface area (Å²) in [6, 6.07) is 5.35. The molecule has 3 nitrogen and oxygen atoms in total. The van der Waals surface area contributed by atoms with Crippen LogP contribution in [-0.2, 0) is 6.18 Å². The van der Waals surface area contributed by atoms with Crippen molar-refractivity contribution in [2.75, 3.05) is 11.9 Å². The maximum Gasteiger partial charge on any atom is 0.417 e. The molecular formula is C15H16F3N3. The van der Waals surface area contributed by atoms with Crippen molar-refractivity contribution >= 4 is 5.82 Å². The van der Waals surface area contributed by atoms with E-state index in [9.17, 15) is 13.2 Å². The normalized spacial score (nSPS) is 11.5. The number of nitrogens with zero attached hydrogens (tertiary/aromatic N) is 2. The van der Waals surface area contributed by atoms with E-state index in [4.69, 9.17) is 0 Å². The van der Waals surface area contributed by atoms with Gasteiger partial charge < -0.3 is 5.32 Å². The van der Waals surface area contributed by atoms with Crippen LogP contribution in [0.2, 0.25) is 0 Å². The van der Waals surface area contributed by atoms with Gasteiger partial charge in [0.15, 0.2) is 5.82 Å². The zero-order chi connectivity index (χ0) is 15.6. The van der Waals surface area contributed by atoms with E-state index >= 15 is 0 Å². The van der Waals surface area contributed by atoms with Gasteiger partial charge in [-0.25, -0.2) is 9.97 Å². The van der Waals surface area contributed by atoms with Crippen LogP contribution in [0.25, 0.3) is 11.4 Å². The van der Waals surface area contributed by atoms with Gasteiger partial charge in [0.25, 0.3) is 0 Å². The first kappa shape index (κ1) is 15.3. The number of anilines is 1. The Labute approximate surface area is 121 Å². The molecule has 0 amide bonds. The summed E-state index contributed by atoms with van der Waals surface area (Å²) in [5.74, 6) is 0.652. The maximum atomic E-state index is 13.1. The second-order valence-corrected chi connectivity index (χ2v) is 4.68. The highest BCUT2D eigenvalue weighted by Crippen LogP contribution is 2.36. The Morgan fingerprint density at radius 3 is 2.38 bits per heavy atom. The predicted molar refractivity (Wildman–Crippen MR) is 76.1 cm³/mol. The molecule has 0 aliphatic rings. The Kier molecular flexibility index (Phi) is 4.16. The zero-order valence-corrected chi connectivity index (χ0v) is 12.0. The van der Waals surface area contributed by atoms with Crippen molar-refractivity contribution in [3.05, 3.63) is 41.1 Å². The van der Waals surface area contributed by atoms with Crippen LogP contribution in [0.4, 0.5) is 19.0 Å². The van der Waals surface area contributed by atoms with Gasteiger partial charge in [0.05, 0.1) is 5.56 Å². The summed E-state index contributed by atoms with van der Waals surface area (Å²) in [4.78, 5) is 8.45. The molecule has 21 heavy (non-hydrogen) atoms. The van der Waals surface area contributed by atoms with Crippen molar-refractivity contribution < 1.29 is 13.2 Å². The summed E-state index contributed by atoms with van der Waals surface area (Å²) in [6.07, 6.45) is -4.43. The number of rotatable bonds is 3. The van der Waals surface area contributed by atoms with Crippen LogP contribution in [0.5, 0.6) is 0 Å². The van der Waals surface area contributed by atoms with Gasteiger partial charge in [-0.2, -0.15) is 13.2 Å². The fraction of sp³-hybridized carbons (Fsp3) is 0.333. The van der Waals surface area contributed by atoms with Gasteiger partial charge in [-0.3, -0.25) is 0 Å². The fourth-order valence-electron chi connectivity index (χ4n) is 2.01. The lowest BCUT2D eigenvalue weighted by Gasteiger charge is -2.14. The summed E-state index contributed by atoms with van der Waals surface area (Å²) in [6.45, 7) is 6.14. The Bertz CT molecular complexity index is 651. The number of nitrogens with one attached hydrogen (secondary N) is 1. The molecule has 2 aromatic rings. The van der Waals surface area contributed by atoms with Crippen LogP contribution in [-0.4, -0.2) is 16.5 Å². The van der Waals surface area contributed by atoms with Gasteiger partial charge in [0, 0.05) is 23.4 Å². The van der Waals surface area contributed by atoms with E-state index in [1.54, 1.807) is 13.0 Å². The van der Waals surface area contributed by atoms with Crippen molar-refractivity contribution in [2.24, 2.45) is 0 Å². The van der Waals surface area contributed by atoms with Crippen LogP contribution >= 0.6 is 0 Å². The standard InChI is InChI=1S/C15H16F3N3/c1-4-19-13-9(2)10(3)20-14(21-13)11-7-5-6-8-12(11)15(16,17)18/h5-8H,4H2,1-3H3,(H,19,20,21). The van der Waals surface area contributed by atoms with E-state index in [-0.39, 0.29) is 11.4 Å². The van der Waals surface area contributed by atoms with Crippen molar-refractivity contribution in [3.63, 3.8) is 0 Å². The summed E-state index contributed by atoms with van der Waals surface area (Å²) < 4.78 is 39.3. The van der Waals surface area contributed by atoms with Crippen molar-refractivity contribution in [1.29, 1.82) is 0 Å². The molecule has 0 saturated carbocycles. The minimum atomic E-state index is -4.43. The number of hydrogen-bond donors (Lipinski definition) is 1. The fourth-order valence-corrected chi connectivity index (χ4v) is 2.01. The average Bonchev–Trinajstić information content (AvgIpc) is 2.43. The summed E-state index contributed by atoms with van der Waals surface area (Å²) in [5.41, 5.74) is 0.765. The van der Waals surface area contributed by atoms with Gasteiger partial charge in [-0.1, -0.05) is 18.2 Å². The minimum absolute atomic E-state index is 0.00717. The van der Waals surface area contributed by atoms with Gasteiger partial charge in [-0.05, 0) is 26.8 Å². The topological polar surface area (TPSA) is 37.8 Å². The van der Waals surface area contributed by atoms with E-state index in [1.807, 2.05) is 13.8 Å². The zero-order valence-electron chi connectivity index (χ0n) is 12.0. The molecule has 0 radical (unpaired) electrons. The Morgan fingerprint density at radius 1 is 1.10 bits per heavy atom. The van der Waals surface area contributed by atoms with E-state index in [0.29, 0.717) is 18.1 Å². The molecule has 2 rings (SSSR count). The Morgan fingerprint density at radius 2 is 1.76 bits per heavy atom. The van der Waals surface area contributed by atoms with E-state index in [2.05, 4.69) is 15.3 Å². The third-order valence-corrected chi connectivity index (χ3v) is 3.21. The van der Waals surface area contributed by atoms with Gasteiger partial charge >= 0.3 is 6.18 Å². The second-order valence-electron chi connectivity index (χ2n) is 4.68. The van der Waals surface area contributed by atoms with Gasteiger partial charge in [0.2, 0.25) is 0 Å². The molecule has 0 fully saturated rings. The molecule has 1 N–H and O–H groups in total. The van der Waals surface area contributed by atoms with Crippen molar-refractivity contribution in [1.82, 2.24) is 9.97 Å². The molecule has 0 unspecified atom stereocenters. The van der Waals surface area contributed by atoms with Crippen LogP contribution in [0.15, 0.2) is 24.3 Å². The maximum absolute atomic E-state index is 13.1. The highest BCUT2D eigenvalue weighted by atomic mass is 19.4. The first-order chi connectivity index (χ1) is 9.84. The molecule has 0 atom stereocenters. The molecule has 1 aromatic carbocycles. The molecule has 0 bridgehead atoms. The third kappa shape index (κ3) is 3.15. The van der Waals surface area contributed by atoms with E-state index in [0.717, 1.165) is 11.6 Å². The molecule has 1 heterocycles. The molecule has 0 aliphatic carbocycles. The Balaban J connectivity index is 2.63. The number of aromatic nitrogens is 2. The number of alkyl halides is 3. The highest BCUT2D eigenvalue weighted by molar-refractivity contribution is 5.64. The lowest BCUT2D eigenvalue weighted by atomic mass is 10.1. The lowest BCUT2D eigenvalue weighted by molar-refractivity contribution is -0.137. The van der Waals surface area contributed by atoms with E-state index < -0.39 is 11.7 Å².